The molecule has 4 heteroatoms. The minimum atomic E-state index is -0.304. The van der Waals surface area contributed by atoms with Crippen molar-refractivity contribution in [3.05, 3.63) is 28.0 Å². The van der Waals surface area contributed by atoms with Gasteiger partial charge in [-0.2, -0.15) is 0 Å². The average Bonchev–Trinajstić information content (AvgIpc) is 2.24. The topological polar surface area (TPSA) is 21.3 Å². The van der Waals surface area contributed by atoms with Crippen molar-refractivity contribution < 1.29 is 9.13 Å². The van der Waals surface area contributed by atoms with Crippen molar-refractivity contribution in [3.8, 4) is 5.75 Å². The largest absolute Gasteiger partial charge is 0.496 e. The Kier molecular flexibility index (Phi) is 4.54. The molecule has 0 aromatic heterocycles. The standard InChI is InChI=1S/C11H15BrFNO/c1-4-10(14-2)7-5-8(12)9(13)6-11(7)15-3/h5-6,10,14H,4H2,1-3H3. The van der Waals surface area contributed by atoms with Crippen LogP contribution < -0.4 is 10.1 Å². The molecule has 0 aliphatic heterocycles. The van der Waals surface area contributed by atoms with E-state index in [1.807, 2.05) is 7.05 Å². The van der Waals surface area contributed by atoms with E-state index in [0.717, 1.165) is 12.0 Å². The summed E-state index contributed by atoms with van der Waals surface area (Å²) in [6.07, 6.45) is 0.922. The maximum absolute atomic E-state index is 13.3. The molecule has 0 aliphatic rings. The van der Waals surface area contributed by atoms with Gasteiger partial charge in [-0.15, -0.1) is 0 Å². The SMILES string of the molecule is CCC(NC)c1cc(Br)c(F)cc1OC. The molecule has 1 aromatic rings. The van der Waals surface area contributed by atoms with Gasteiger partial charge < -0.3 is 10.1 Å². The maximum atomic E-state index is 13.3. The Morgan fingerprint density at radius 2 is 2.20 bits per heavy atom. The average molecular weight is 276 g/mol. The third-order valence-electron chi connectivity index (χ3n) is 2.40. The first-order valence-electron chi connectivity index (χ1n) is 4.84. The van der Waals surface area contributed by atoms with Gasteiger partial charge in [0.05, 0.1) is 11.6 Å². The normalized spacial score (nSPS) is 12.6. The zero-order valence-electron chi connectivity index (χ0n) is 9.10. The predicted octanol–water partition coefficient (Wildman–Crippen LogP) is 3.27. The Labute approximate surface area is 98.0 Å². The van der Waals surface area contributed by atoms with Crippen LogP contribution >= 0.6 is 15.9 Å². The van der Waals surface area contributed by atoms with Gasteiger partial charge in [0.25, 0.3) is 0 Å². The number of rotatable bonds is 4. The van der Waals surface area contributed by atoms with E-state index in [0.29, 0.717) is 10.2 Å². The van der Waals surface area contributed by atoms with Crippen LogP contribution in [-0.4, -0.2) is 14.2 Å². The molecule has 15 heavy (non-hydrogen) atoms. The molecule has 0 heterocycles. The second kappa shape index (κ2) is 5.47. The van der Waals surface area contributed by atoms with E-state index in [9.17, 15) is 4.39 Å². The van der Waals surface area contributed by atoms with Gasteiger partial charge in [-0.25, -0.2) is 4.39 Å². The van der Waals surface area contributed by atoms with Gasteiger partial charge in [0.2, 0.25) is 0 Å². The Morgan fingerprint density at radius 3 is 2.67 bits per heavy atom. The smallest absolute Gasteiger partial charge is 0.141 e. The molecular weight excluding hydrogens is 261 g/mol. The second-order valence-corrected chi connectivity index (χ2v) is 4.11. The highest BCUT2D eigenvalue weighted by Crippen LogP contribution is 2.31. The van der Waals surface area contributed by atoms with Crippen LogP contribution in [-0.2, 0) is 0 Å². The van der Waals surface area contributed by atoms with Gasteiger partial charge in [0.1, 0.15) is 11.6 Å². The van der Waals surface area contributed by atoms with Crippen molar-refractivity contribution in [2.45, 2.75) is 19.4 Å². The minimum Gasteiger partial charge on any atom is -0.496 e. The molecule has 1 N–H and O–H groups in total. The molecule has 0 amide bonds. The van der Waals surface area contributed by atoms with Gasteiger partial charge in [0, 0.05) is 17.7 Å². The number of ether oxygens (including phenoxy) is 1. The first-order chi connectivity index (χ1) is 7.13. The summed E-state index contributed by atoms with van der Waals surface area (Å²) in [5.74, 6) is 0.276. The third kappa shape index (κ3) is 2.69. The highest BCUT2D eigenvalue weighted by molar-refractivity contribution is 9.10. The molecule has 0 spiro atoms. The quantitative estimate of drug-likeness (QED) is 0.911. The summed E-state index contributed by atoms with van der Waals surface area (Å²) in [7, 11) is 3.43. The van der Waals surface area contributed by atoms with Crippen LogP contribution in [0.25, 0.3) is 0 Å². The molecule has 1 rings (SSSR count). The molecule has 0 fully saturated rings. The Balaban J connectivity index is 3.20. The molecule has 2 nitrogen and oxygen atoms in total. The van der Waals surface area contributed by atoms with Crippen LogP contribution in [0.1, 0.15) is 24.9 Å². The molecule has 1 unspecified atom stereocenters. The van der Waals surface area contributed by atoms with Crippen molar-refractivity contribution in [1.29, 1.82) is 0 Å². The molecule has 0 saturated heterocycles. The van der Waals surface area contributed by atoms with E-state index in [2.05, 4.69) is 28.2 Å². The number of methoxy groups -OCH3 is 1. The molecule has 0 aliphatic carbocycles. The molecule has 84 valence electrons. The lowest BCUT2D eigenvalue weighted by Gasteiger charge is -2.18. The van der Waals surface area contributed by atoms with E-state index in [4.69, 9.17) is 4.74 Å². The van der Waals surface area contributed by atoms with Crippen molar-refractivity contribution in [3.63, 3.8) is 0 Å². The van der Waals surface area contributed by atoms with Crippen LogP contribution in [0.15, 0.2) is 16.6 Å². The highest BCUT2D eigenvalue weighted by Gasteiger charge is 2.15. The van der Waals surface area contributed by atoms with Crippen molar-refractivity contribution in [2.24, 2.45) is 0 Å². The fraction of sp³-hybridized carbons (Fsp3) is 0.455. The summed E-state index contributed by atoms with van der Waals surface area (Å²) < 4.78 is 18.9. The number of hydrogen-bond acceptors (Lipinski definition) is 2. The Bertz CT molecular complexity index is 340. The van der Waals surface area contributed by atoms with Crippen LogP contribution in [0, 0.1) is 5.82 Å². The number of benzene rings is 1. The summed E-state index contributed by atoms with van der Waals surface area (Å²) in [6, 6.07) is 3.34. The van der Waals surface area contributed by atoms with Crippen LogP contribution in [0.5, 0.6) is 5.75 Å². The zero-order chi connectivity index (χ0) is 11.4. The van der Waals surface area contributed by atoms with Crippen molar-refractivity contribution in [1.82, 2.24) is 5.32 Å². The Hall–Kier alpha value is -0.610. The second-order valence-electron chi connectivity index (χ2n) is 3.26. The molecule has 0 bridgehead atoms. The minimum absolute atomic E-state index is 0.178. The number of hydrogen-bond donors (Lipinski definition) is 1. The fourth-order valence-corrected chi connectivity index (χ4v) is 1.93. The molecule has 0 radical (unpaired) electrons. The summed E-state index contributed by atoms with van der Waals surface area (Å²) in [4.78, 5) is 0. The maximum Gasteiger partial charge on any atom is 0.141 e. The van der Waals surface area contributed by atoms with Gasteiger partial charge in [-0.1, -0.05) is 6.92 Å². The van der Waals surface area contributed by atoms with E-state index in [1.165, 1.54) is 6.07 Å². The lowest BCUT2D eigenvalue weighted by Crippen LogP contribution is -2.16. The highest BCUT2D eigenvalue weighted by atomic mass is 79.9. The molecular formula is C11H15BrFNO. The van der Waals surface area contributed by atoms with E-state index in [-0.39, 0.29) is 11.9 Å². The summed E-state index contributed by atoms with van der Waals surface area (Å²) >= 11 is 3.18. The van der Waals surface area contributed by atoms with Gasteiger partial charge in [0.15, 0.2) is 0 Å². The lowest BCUT2D eigenvalue weighted by molar-refractivity contribution is 0.396. The number of nitrogens with one attached hydrogen (secondary N) is 1. The first-order valence-corrected chi connectivity index (χ1v) is 5.63. The Morgan fingerprint density at radius 1 is 1.53 bits per heavy atom. The van der Waals surface area contributed by atoms with E-state index in [1.54, 1.807) is 13.2 Å². The molecule has 0 saturated carbocycles. The number of halogens is 2. The van der Waals surface area contributed by atoms with Crippen LogP contribution in [0.3, 0.4) is 0 Å². The van der Waals surface area contributed by atoms with Gasteiger partial charge in [-0.3, -0.25) is 0 Å². The predicted molar refractivity (Wildman–Crippen MR) is 62.7 cm³/mol. The third-order valence-corrected chi connectivity index (χ3v) is 3.01. The zero-order valence-corrected chi connectivity index (χ0v) is 10.7. The van der Waals surface area contributed by atoms with Crippen LogP contribution in [0.2, 0.25) is 0 Å². The van der Waals surface area contributed by atoms with Gasteiger partial charge in [-0.05, 0) is 35.5 Å². The summed E-state index contributed by atoms with van der Waals surface area (Å²) in [5.41, 5.74) is 0.968. The van der Waals surface area contributed by atoms with Crippen molar-refractivity contribution >= 4 is 15.9 Å². The lowest BCUT2D eigenvalue weighted by atomic mass is 10.0. The molecule has 1 aromatic carbocycles. The summed E-state index contributed by atoms with van der Waals surface area (Å²) in [5, 5.41) is 3.17. The monoisotopic (exact) mass is 275 g/mol. The van der Waals surface area contributed by atoms with Crippen molar-refractivity contribution in [2.75, 3.05) is 14.2 Å². The van der Waals surface area contributed by atoms with E-state index >= 15 is 0 Å². The molecule has 1 atom stereocenters. The summed E-state index contributed by atoms with van der Waals surface area (Å²) in [6.45, 7) is 2.07. The van der Waals surface area contributed by atoms with Crippen LogP contribution in [0.4, 0.5) is 4.39 Å². The van der Waals surface area contributed by atoms with E-state index < -0.39 is 0 Å². The first kappa shape index (κ1) is 12.5. The van der Waals surface area contributed by atoms with Gasteiger partial charge >= 0.3 is 0 Å². The fourth-order valence-electron chi connectivity index (χ4n) is 1.57.